The Labute approximate surface area is 119 Å². The van der Waals surface area contributed by atoms with Crippen LogP contribution in [0, 0.1) is 0 Å². The van der Waals surface area contributed by atoms with Crippen LogP contribution in [0.25, 0.3) is 11.3 Å². The van der Waals surface area contributed by atoms with Gasteiger partial charge in [0.1, 0.15) is 0 Å². The molecule has 1 unspecified atom stereocenters. The number of aromatic amines is 1. The van der Waals surface area contributed by atoms with Crippen molar-refractivity contribution in [3.63, 3.8) is 0 Å². The molecule has 0 aliphatic carbocycles. The van der Waals surface area contributed by atoms with Gasteiger partial charge in [-0.1, -0.05) is 0 Å². The highest BCUT2D eigenvalue weighted by atomic mass is 15.2. The van der Waals surface area contributed by atoms with E-state index in [4.69, 9.17) is 0 Å². The van der Waals surface area contributed by atoms with Crippen LogP contribution < -0.4 is 0 Å². The second-order valence-corrected chi connectivity index (χ2v) is 5.71. The van der Waals surface area contributed by atoms with Crippen molar-refractivity contribution in [2.75, 3.05) is 13.1 Å². The van der Waals surface area contributed by atoms with Gasteiger partial charge in [-0.2, -0.15) is 5.10 Å². The van der Waals surface area contributed by atoms with Gasteiger partial charge in [-0.3, -0.25) is 15.1 Å². The maximum atomic E-state index is 4.62. The maximum Gasteiger partial charge on any atom is 0.0952 e. The third-order valence-corrected chi connectivity index (χ3v) is 4.07. The highest BCUT2D eigenvalue weighted by molar-refractivity contribution is 5.60. The van der Waals surface area contributed by atoms with Crippen LogP contribution in [0.3, 0.4) is 0 Å². The average Bonchev–Trinajstić information content (AvgIpc) is 3.01. The molecule has 106 valence electrons. The molecule has 1 aliphatic heterocycles. The van der Waals surface area contributed by atoms with Gasteiger partial charge < -0.3 is 4.90 Å². The van der Waals surface area contributed by atoms with E-state index in [0.717, 1.165) is 23.5 Å². The van der Waals surface area contributed by atoms with Crippen molar-refractivity contribution in [2.45, 2.75) is 38.6 Å². The topological polar surface area (TPSA) is 57.7 Å². The quantitative estimate of drug-likeness (QED) is 0.931. The van der Waals surface area contributed by atoms with Crippen molar-refractivity contribution in [2.24, 2.45) is 0 Å². The van der Waals surface area contributed by atoms with Crippen LogP contribution in [-0.2, 0) is 0 Å². The summed E-state index contributed by atoms with van der Waals surface area (Å²) in [5.74, 6) is 0.463. The molecule has 1 atom stereocenters. The van der Waals surface area contributed by atoms with Crippen LogP contribution >= 0.6 is 0 Å². The summed E-state index contributed by atoms with van der Waals surface area (Å²) < 4.78 is 0. The Bertz CT molecular complexity index is 549. The minimum atomic E-state index is 0.463. The Morgan fingerprint density at radius 1 is 1.30 bits per heavy atom. The lowest BCUT2D eigenvalue weighted by molar-refractivity contribution is 0.166. The average molecular weight is 271 g/mol. The molecule has 3 heterocycles. The Kier molecular flexibility index (Phi) is 3.78. The predicted molar refractivity (Wildman–Crippen MR) is 78.3 cm³/mol. The highest BCUT2D eigenvalue weighted by Gasteiger charge is 2.26. The molecule has 0 spiro atoms. The first kappa shape index (κ1) is 13.2. The van der Waals surface area contributed by atoms with Gasteiger partial charge in [0.15, 0.2) is 0 Å². The SMILES string of the molecule is CC(C)N1CCCC(c2nccnc2-c2cn[nH]c2)C1. The molecule has 5 heteroatoms. The monoisotopic (exact) mass is 271 g/mol. The number of hydrogen-bond acceptors (Lipinski definition) is 4. The lowest BCUT2D eigenvalue weighted by atomic mass is 9.91. The van der Waals surface area contributed by atoms with Gasteiger partial charge in [0.25, 0.3) is 0 Å². The molecule has 5 nitrogen and oxygen atoms in total. The van der Waals surface area contributed by atoms with Gasteiger partial charge in [-0.15, -0.1) is 0 Å². The second-order valence-electron chi connectivity index (χ2n) is 5.71. The Hall–Kier alpha value is -1.75. The molecular formula is C15H21N5. The van der Waals surface area contributed by atoms with Gasteiger partial charge in [-0.25, -0.2) is 0 Å². The van der Waals surface area contributed by atoms with E-state index in [1.165, 1.54) is 19.4 Å². The number of rotatable bonds is 3. The van der Waals surface area contributed by atoms with Crippen molar-refractivity contribution in [1.29, 1.82) is 0 Å². The number of likely N-dealkylation sites (tertiary alicyclic amines) is 1. The zero-order valence-corrected chi connectivity index (χ0v) is 12.1. The fourth-order valence-electron chi connectivity index (χ4n) is 2.95. The van der Waals surface area contributed by atoms with Crippen molar-refractivity contribution in [3.05, 3.63) is 30.5 Å². The number of aromatic nitrogens is 4. The zero-order chi connectivity index (χ0) is 13.9. The summed E-state index contributed by atoms with van der Waals surface area (Å²) in [7, 11) is 0. The molecule has 0 aromatic carbocycles. The Balaban J connectivity index is 1.90. The van der Waals surface area contributed by atoms with Crippen molar-refractivity contribution in [3.8, 4) is 11.3 Å². The first-order valence-electron chi connectivity index (χ1n) is 7.30. The molecular weight excluding hydrogens is 250 g/mol. The van der Waals surface area contributed by atoms with Crippen LogP contribution in [0.15, 0.2) is 24.8 Å². The molecule has 0 saturated carbocycles. The van der Waals surface area contributed by atoms with E-state index >= 15 is 0 Å². The molecule has 2 aromatic heterocycles. The van der Waals surface area contributed by atoms with Gasteiger partial charge in [-0.05, 0) is 33.2 Å². The molecule has 0 amide bonds. The third kappa shape index (κ3) is 2.58. The predicted octanol–water partition coefficient (Wildman–Crippen LogP) is 2.45. The maximum absolute atomic E-state index is 4.62. The number of piperidine rings is 1. The molecule has 1 saturated heterocycles. The van der Waals surface area contributed by atoms with Gasteiger partial charge >= 0.3 is 0 Å². The summed E-state index contributed by atoms with van der Waals surface area (Å²) >= 11 is 0. The summed E-state index contributed by atoms with van der Waals surface area (Å²) in [4.78, 5) is 11.7. The Morgan fingerprint density at radius 3 is 2.90 bits per heavy atom. The Morgan fingerprint density at radius 2 is 2.15 bits per heavy atom. The molecule has 1 aliphatic rings. The molecule has 3 rings (SSSR count). The number of hydrogen-bond donors (Lipinski definition) is 1. The van der Waals surface area contributed by atoms with Crippen LogP contribution in [0.1, 0.15) is 38.3 Å². The minimum Gasteiger partial charge on any atom is -0.300 e. The normalized spacial score (nSPS) is 20.4. The van der Waals surface area contributed by atoms with Crippen LogP contribution in [0.5, 0.6) is 0 Å². The van der Waals surface area contributed by atoms with Crippen molar-refractivity contribution >= 4 is 0 Å². The van der Waals surface area contributed by atoms with Gasteiger partial charge in [0.05, 0.1) is 17.6 Å². The van der Waals surface area contributed by atoms with Crippen molar-refractivity contribution in [1.82, 2.24) is 25.1 Å². The largest absolute Gasteiger partial charge is 0.300 e. The molecule has 0 bridgehead atoms. The fourth-order valence-corrected chi connectivity index (χ4v) is 2.95. The fraction of sp³-hybridized carbons (Fsp3) is 0.533. The third-order valence-electron chi connectivity index (χ3n) is 4.07. The highest BCUT2D eigenvalue weighted by Crippen LogP contribution is 2.31. The summed E-state index contributed by atoms with van der Waals surface area (Å²) in [6.07, 6.45) is 9.67. The van der Waals surface area contributed by atoms with E-state index < -0.39 is 0 Å². The lowest BCUT2D eigenvalue weighted by Crippen LogP contribution is -2.39. The van der Waals surface area contributed by atoms with Crippen LogP contribution in [0.2, 0.25) is 0 Å². The first-order chi connectivity index (χ1) is 9.75. The number of nitrogens with one attached hydrogen (secondary N) is 1. The minimum absolute atomic E-state index is 0.463. The molecule has 1 fully saturated rings. The van der Waals surface area contributed by atoms with Gasteiger partial charge in [0, 0.05) is 42.7 Å². The number of nitrogens with zero attached hydrogens (tertiary/aromatic N) is 4. The zero-order valence-electron chi connectivity index (χ0n) is 12.1. The molecule has 20 heavy (non-hydrogen) atoms. The van der Waals surface area contributed by atoms with Crippen LogP contribution in [0.4, 0.5) is 0 Å². The second kappa shape index (κ2) is 5.71. The molecule has 1 N–H and O–H groups in total. The van der Waals surface area contributed by atoms with E-state index in [-0.39, 0.29) is 0 Å². The number of H-pyrrole nitrogens is 1. The van der Waals surface area contributed by atoms with E-state index in [9.17, 15) is 0 Å². The van der Waals surface area contributed by atoms with E-state index in [1.807, 2.05) is 12.4 Å². The van der Waals surface area contributed by atoms with Gasteiger partial charge in [0.2, 0.25) is 0 Å². The lowest BCUT2D eigenvalue weighted by Gasteiger charge is -2.35. The molecule has 0 radical (unpaired) electrons. The van der Waals surface area contributed by atoms with E-state index in [2.05, 4.69) is 38.9 Å². The van der Waals surface area contributed by atoms with E-state index in [1.54, 1.807) is 12.4 Å². The summed E-state index contributed by atoms with van der Waals surface area (Å²) in [5, 5.41) is 6.88. The summed E-state index contributed by atoms with van der Waals surface area (Å²) in [6, 6.07) is 0.590. The van der Waals surface area contributed by atoms with Crippen molar-refractivity contribution < 1.29 is 0 Å². The first-order valence-corrected chi connectivity index (χ1v) is 7.30. The standard InChI is InChI=1S/C15H21N5/c1-11(2)20-7-3-4-12(10-20)14-15(17-6-5-16-14)13-8-18-19-9-13/h5-6,8-9,11-12H,3-4,7,10H2,1-2H3,(H,18,19). The van der Waals surface area contributed by atoms with Crippen LogP contribution in [-0.4, -0.2) is 44.2 Å². The molecule has 2 aromatic rings. The smallest absolute Gasteiger partial charge is 0.0952 e. The summed E-state index contributed by atoms with van der Waals surface area (Å²) in [5.41, 5.74) is 3.10. The van der Waals surface area contributed by atoms with E-state index in [0.29, 0.717) is 12.0 Å². The summed E-state index contributed by atoms with van der Waals surface area (Å²) in [6.45, 7) is 6.78.